The minimum atomic E-state index is -0.524. The van der Waals surface area contributed by atoms with Crippen molar-refractivity contribution in [2.75, 3.05) is 30.3 Å². The van der Waals surface area contributed by atoms with E-state index in [-0.39, 0.29) is 0 Å². The Morgan fingerprint density at radius 1 is 1.22 bits per heavy atom. The highest BCUT2D eigenvalue weighted by molar-refractivity contribution is 5.71. The van der Waals surface area contributed by atoms with Crippen molar-refractivity contribution < 1.29 is 4.79 Å². The quantitative estimate of drug-likeness (QED) is 0.530. The number of nitrogens with two attached hydrogens (primary N) is 1. The van der Waals surface area contributed by atoms with E-state index in [2.05, 4.69) is 25.9 Å². The molecular formula is C11H20N6O. The Bertz CT molecular complexity index is 395. The third-order valence-electron chi connectivity index (χ3n) is 2.36. The Balaban J connectivity index is 2.63. The molecule has 1 heterocycles. The Morgan fingerprint density at radius 3 is 2.44 bits per heavy atom. The zero-order chi connectivity index (χ0) is 13.4. The van der Waals surface area contributed by atoms with Crippen LogP contribution in [0.4, 0.5) is 16.4 Å². The molecule has 2 amide bonds. The van der Waals surface area contributed by atoms with Crippen LogP contribution in [0.15, 0.2) is 6.33 Å². The highest BCUT2D eigenvalue weighted by Crippen LogP contribution is 2.19. The van der Waals surface area contributed by atoms with Crippen molar-refractivity contribution in [1.82, 2.24) is 15.3 Å². The smallest absolute Gasteiger partial charge is 0.312 e. The average Bonchev–Trinajstić information content (AvgIpc) is 2.35. The standard InChI is InChI=1S/C11H20N6O/c1-3-8-9(13-4-2)16-7-17-10(8)14-5-6-15-11(12)18/h7H,3-6H2,1-2H3,(H3,12,15,18)(H2,13,14,16,17). The number of carbonyl (C=O) groups is 1. The number of nitrogens with one attached hydrogen (secondary N) is 3. The van der Waals surface area contributed by atoms with E-state index in [0.717, 1.165) is 30.2 Å². The van der Waals surface area contributed by atoms with Crippen LogP contribution in [0, 0.1) is 0 Å². The van der Waals surface area contributed by atoms with Crippen LogP contribution >= 0.6 is 0 Å². The molecule has 7 nitrogen and oxygen atoms in total. The van der Waals surface area contributed by atoms with E-state index in [9.17, 15) is 4.79 Å². The summed E-state index contributed by atoms with van der Waals surface area (Å²) < 4.78 is 0. The number of anilines is 2. The monoisotopic (exact) mass is 252 g/mol. The molecule has 0 aromatic carbocycles. The molecule has 18 heavy (non-hydrogen) atoms. The van der Waals surface area contributed by atoms with Gasteiger partial charge in [-0.3, -0.25) is 0 Å². The van der Waals surface area contributed by atoms with E-state index < -0.39 is 6.03 Å². The molecule has 100 valence electrons. The number of amides is 2. The lowest BCUT2D eigenvalue weighted by molar-refractivity contribution is 0.249. The third kappa shape index (κ3) is 4.08. The fourth-order valence-corrected chi connectivity index (χ4v) is 1.59. The largest absolute Gasteiger partial charge is 0.370 e. The minimum absolute atomic E-state index is 0.457. The van der Waals surface area contributed by atoms with Gasteiger partial charge in [0.15, 0.2) is 0 Å². The fourth-order valence-electron chi connectivity index (χ4n) is 1.59. The molecule has 5 N–H and O–H groups in total. The van der Waals surface area contributed by atoms with Crippen LogP contribution in [0.5, 0.6) is 0 Å². The molecule has 0 aliphatic carbocycles. The van der Waals surface area contributed by atoms with Gasteiger partial charge >= 0.3 is 6.03 Å². The highest BCUT2D eigenvalue weighted by atomic mass is 16.2. The number of nitrogens with zero attached hydrogens (tertiary/aromatic N) is 2. The molecule has 0 aliphatic rings. The zero-order valence-corrected chi connectivity index (χ0v) is 10.8. The number of aromatic nitrogens is 2. The van der Waals surface area contributed by atoms with Crippen molar-refractivity contribution >= 4 is 17.7 Å². The molecule has 7 heteroatoms. The number of urea groups is 1. The summed E-state index contributed by atoms with van der Waals surface area (Å²) in [7, 11) is 0. The summed E-state index contributed by atoms with van der Waals surface area (Å²) in [6.45, 7) is 5.90. The van der Waals surface area contributed by atoms with E-state index in [1.165, 1.54) is 6.33 Å². The minimum Gasteiger partial charge on any atom is -0.370 e. The molecule has 0 atom stereocenters. The van der Waals surface area contributed by atoms with Gasteiger partial charge in [0.2, 0.25) is 0 Å². The van der Waals surface area contributed by atoms with Crippen molar-refractivity contribution in [2.45, 2.75) is 20.3 Å². The lowest BCUT2D eigenvalue weighted by Gasteiger charge is -2.13. The molecule has 1 rings (SSSR count). The first kappa shape index (κ1) is 14.0. The number of carbonyl (C=O) groups excluding carboxylic acids is 1. The van der Waals surface area contributed by atoms with Gasteiger partial charge in [-0.05, 0) is 13.3 Å². The van der Waals surface area contributed by atoms with E-state index in [1.807, 2.05) is 13.8 Å². The summed E-state index contributed by atoms with van der Waals surface area (Å²) in [4.78, 5) is 18.9. The first-order chi connectivity index (χ1) is 8.69. The normalized spacial score (nSPS) is 9.89. The molecule has 0 fully saturated rings. The van der Waals surface area contributed by atoms with Crippen molar-refractivity contribution in [3.05, 3.63) is 11.9 Å². The second-order valence-corrected chi connectivity index (χ2v) is 3.65. The Kier molecular flexibility index (Phi) is 5.69. The third-order valence-corrected chi connectivity index (χ3v) is 2.36. The molecule has 0 aliphatic heterocycles. The predicted molar refractivity (Wildman–Crippen MR) is 71.6 cm³/mol. The van der Waals surface area contributed by atoms with Gasteiger partial charge in [-0.2, -0.15) is 0 Å². The van der Waals surface area contributed by atoms with Gasteiger partial charge in [-0.25, -0.2) is 14.8 Å². The van der Waals surface area contributed by atoms with E-state index in [4.69, 9.17) is 5.73 Å². The molecule has 0 radical (unpaired) electrons. The zero-order valence-electron chi connectivity index (χ0n) is 10.8. The van der Waals surface area contributed by atoms with Crippen LogP contribution in [0.1, 0.15) is 19.4 Å². The topological polar surface area (TPSA) is 105 Å². The SMILES string of the molecule is CCNc1ncnc(NCCNC(N)=O)c1CC. The van der Waals surface area contributed by atoms with Crippen LogP contribution in [0.25, 0.3) is 0 Å². The lowest BCUT2D eigenvalue weighted by Crippen LogP contribution is -2.33. The van der Waals surface area contributed by atoms with Crippen molar-refractivity contribution in [3.63, 3.8) is 0 Å². The first-order valence-electron chi connectivity index (χ1n) is 6.03. The van der Waals surface area contributed by atoms with Gasteiger partial charge in [0.25, 0.3) is 0 Å². The maximum atomic E-state index is 10.5. The predicted octanol–water partition coefficient (Wildman–Crippen LogP) is 0.551. The van der Waals surface area contributed by atoms with Gasteiger partial charge in [0.05, 0.1) is 0 Å². The van der Waals surface area contributed by atoms with Crippen LogP contribution < -0.4 is 21.7 Å². The van der Waals surface area contributed by atoms with E-state index >= 15 is 0 Å². The van der Waals surface area contributed by atoms with Gasteiger partial charge in [-0.15, -0.1) is 0 Å². The number of hydrogen-bond acceptors (Lipinski definition) is 5. The van der Waals surface area contributed by atoms with Gasteiger partial charge in [-0.1, -0.05) is 6.92 Å². The Hall–Kier alpha value is -2.05. The van der Waals surface area contributed by atoms with Gasteiger partial charge < -0.3 is 21.7 Å². The summed E-state index contributed by atoms with van der Waals surface area (Å²) in [6, 6.07) is -0.524. The molecule has 0 spiro atoms. The van der Waals surface area contributed by atoms with E-state index in [1.54, 1.807) is 0 Å². The number of rotatable bonds is 7. The Morgan fingerprint density at radius 2 is 1.89 bits per heavy atom. The second-order valence-electron chi connectivity index (χ2n) is 3.65. The number of hydrogen-bond donors (Lipinski definition) is 4. The molecule has 1 aromatic rings. The molecule has 0 saturated heterocycles. The average molecular weight is 252 g/mol. The fraction of sp³-hybridized carbons (Fsp3) is 0.545. The summed E-state index contributed by atoms with van der Waals surface area (Å²) >= 11 is 0. The maximum absolute atomic E-state index is 10.5. The van der Waals surface area contributed by atoms with Crippen LogP contribution in [0.3, 0.4) is 0 Å². The van der Waals surface area contributed by atoms with Crippen LogP contribution in [0.2, 0.25) is 0 Å². The van der Waals surface area contributed by atoms with Crippen molar-refractivity contribution in [2.24, 2.45) is 5.73 Å². The molecule has 1 aromatic heterocycles. The summed E-state index contributed by atoms with van der Waals surface area (Å²) in [5, 5.41) is 8.86. The van der Waals surface area contributed by atoms with E-state index in [0.29, 0.717) is 13.1 Å². The van der Waals surface area contributed by atoms with Gasteiger partial charge in [0.1, 0.15) is 18.0 Å². The molecule has 0 unspecified atom stereocenters. The van der Waals surface area contributed by atoms with Crippen molar-refractivity contribution in [1.29, 1.82) is 0 Å². The second kappa shape index (κ2) is 7.31. The maximum Gasteiger partial charge on any atom is 0.312 e. The summed E-state index contributed by atoms with van der Waals surface area (Å²) in [5.41, 5.74) is 6.02. The van der Waals surface area contributed by atoms with Crippen LogP contribution in [-0.2, 0) is 6.42 Å². The Labute approximate surface area is 107 Å². The molecular weight excluding hydrogens is 232 g/mol. The lowest BCUT2D eigenvalue weighted by atomic mass is 10.2. The number of primary amides is 1. The summed E-state index contributed by atoms with van der Waals surface area (Å²) in [5.74, 6) is 1.63. The summed E-state index contributed by atoms with van der Waals surface area (Å²) in [6.07, 6.45) is 2.34. The van der Waals surface area contributed by atoms with Gasteiger partial charge in [0, 0.05) is 25.2 Å². The highest BCUT2D eigenvalue weighted by Gasteiger charge is 2.08. The molecule has 0 saturated carbocycles. The van der Waals surface area contributed by atoms with Crippen LogP contribution in [-0.4, -0.2) is 35.6 Å². The molecule has 0 bridgehead atoms. The van der Waals surface area contributed by atoms with Crippen molar-refractivity contribution in [3.8, 4) is 0 Å². The first-order valence-corrected chi connectivity index (χ1v) is 6.03.